The molecule has 6 heteroatoms. The lowest BCUT2D eigenvalue weighted by atomic mass is 10.1. The van der Waals surface area contributed by atoms with Crippen LogP contribution >= 0.6 is 11.6 Å². The van der Waals surface area contributed by atoms with Crippen molar-refractivity contribution in [2.24, 2.45) is 0 Å². The Bertz CT molecular complexity index is 793. The van der Waals surface area contributed by atoms with Gasteiger partial charge in [-0.25, -0.2) is 4.39 Å². The summed E-state index contributed by atoms with van der Waals surface area (Å²) >= 11 is 6.24. The fraction of sp³-hybridized carbons (Fsp3) is 0.250. The molecule has 0 atom stereocenters. The number of halogens is 2. The molecule has 1 amide bonds. The van der Waals surface area contributed by atoms with Crippen molar-refractivity contribution in [3.8, 4) is 11.5 Å². The first-order chi connectivity index (χ1) is 12.5. The van der Waals surface area contributed by atoms with E-state index in [-0.39, 0.29) is 18.3 Å². The molecule has 0 unspecified atom stereocenters. The van der Waals surface area contributed by atoms with Crippen LogP contribution in [0.5, 0.6) is 11.5 Å². The Hall–Kier alpha value is -2.53. The summed E-state index contributed by atoms with van der Waals surface area (Å²) in [6, 6.07) is 9.72. The molecule has 0 aromatic heterocycles. The molecule has 0 saturated heterocycles. The number of methoxy groups -OCH3 is 1. The molecule has 4 nitrogen and oxygen atoms in total. The molecule has 2 aromatic carbocycles. The summed E-state index contributed by atoms with van der Waals surface area (Å²) in [6.07, 6.45) is 3.82. The van der Waals surface area contributed by atoms with Gasteiger partial charge in [0.15, 0.2) is 11.5 Å². The lowest BCUT2D eigenvalue weighted by molar-refractivity contribution is -0.116. The Morgan fingerprint density at radius 1 is 1.31 bits per heavy atom. The van der Waals surface area contributed by atoms with Gasteiger partial charge in [-0.3, -0.25) is 4.79 Å². The normalized spacial score (nSPS) is 10.8. The number of ether oxygens (including phenoxy) is 2. The second kappa shape index (κ2) is 9.82. The van der Waals surface area contributed by atoms with Crippen molar-refractivity contribution in [3.05, 3.63) is 64.4 Å². The van der Waals surface area contributed by atoms with Crippen molar-refractivity contribution in [3.63, 3.8) is 0 Å². The number of hydrogen-bond acceptors (Lipinski definition) is 3. The van der Waals surface area contributed by atoms with Crippen molar-refractivity contribution >= 4 is 23.6 Å². The van der Waals surface area contributed by atoms with E-state index in [9.17, 15) is 9.18 Å². The molecule has 0 bridgehead atoms. The monoisotopic (exact) mass is 377 g/mol. The third-order valence-electron chi connectivity index (χ3n) is 3.54. The van der Waals surface area contributed by atoms with Gasteiger partial charge in [-0.15, -0.1) is 0 Å². The average molecular weight is 378 g/mol. The van der Waals surface area contributed by atoms with Crippen LogP contribution in [0.25, 0.3) is 6.08 Å². The average Bonchev–Trinajstić information content (AvgIpc) is 2.64. The molecule has 0 saturated carbocycles. The van der Waals surface area contributed by atoms with Gasteiger partial charge in [-0.05, 0) is 36.3 Å². The van der Waals surface area contributed by atoms with E-state index in [0.29, 0.717) is 34.3 Å². The third-order valence-corrected chi connectivity index (χ3v) is 3.82. The second-order valence-corrected chi connectivity index (χ2v) is 5.93. The molecule has 138 valence electrons. The summed E-state index contributed by atoms with van der Waals surface area (Å²) in [7, 11) is 1.53. The molecule has 0 heterocycles. The van der Waals surface area contributed by atoms with E-state index in [1.54, 1.807) is 36.4 Å². The molecular weight excluding hydrogens is 357 g/mol. The van der Waals surface area contributed by atoms with Gasteiger partial charge in [-0.1, -0.05) is 36.7 Å². The Balaban J connectivity index is 2.03. The minimum absolute atomic E-state index is 0.115. The van der Waals surface area contributed by atoms with Crippen LogP contribution in [0.2, 0.25) is 5.02 Å². The summed E-state index contributed by atoms with van der Waals surface area (Å²) in [5.41, 5.74) is 1.12. The van der Waals surface area contributed by atoms with Crippen LogP contribution in [-0.2, 0) is 11.3 Å². The van der Waals surface area contributed by atoms with E-state index in [1.165, 1.54) is 19.3 Å². The number of carbonyl (C=O) groups excluding carboxylic acids is 1. The highest BCUT2D eigenvalue weighted by Crippen LogP contribution is 2.36. The fourth-order valence-electron chi connectivity index (χ4n) is 2.24. The van der Waals surface area contributed by atoms with Crippen LogP contribution in [-0.4, -0.2) is 19.6 Å². The van der Waals surface area contributed by atoms with Crippen LogP contribution in [0.3, 0.4) is 0 Å². The quantitative estimate of drug-likeness (QED) is 0.683. The second-order valence-electron chi connectivity index (χ2n) is 5.53. The lowest BCUT2D eigenvalue weighted by Crippen LogP contribution is -2.20. The maximum absolute atomic E-state index is 13.5. The van der Waals surface area contributed by atoms with Crippen molar-refractivity contribution in [1.82, 2.24) is 5.32 Å². The Morgan fingerprint density at radius 2 is 2.08 bits per heavy atom. The smallest absolute Gasteiger partial charge is 0.244 e. The predicted octanol–water partition coefficient (Wildman–Crippen LogP) is 4.61. The standard InChI is InChI=1S/C20H21ClFNO3/c1-3-10-26-20-16(21)11-14(12-18(20)25-2)8-9-19(24)23-13-15-6-4-5-7-17(15)22/h4-9,11-12H,3,10,13H2,1-2H3,(H,23,24)/b9-8+. The van der Waals surface area contributed by atoms with Gasteiger partial charge in [-0.2, -0.15) is 0 Å². The molecule has 0 aliphatic rings. The van der Waals surface area contributed by atoms with Gasteiger partial charge in [0.05, 0.1) is 18.7 Å². The van der Waals surface area contributed by atoms with Gasteiger partial charge in [0.1, 0.15) is 5.82 Å². The first-order valence-corrected chi connectivity index (χ1v) is 8.62. The molecular formula is C20H21ClFNO3. The third kappa shape index (κ3) is 5.49. The van der Waals surface area contributed by atoms with Crippen LogP contribution in [0.1, 0.15) is 24.5 Å². The lowest BCUT2D eigenvalue weighted by Gasteiger charge is -2.12. The summed E-state index contributed by atoms with van der Waals surface area (Å²) in [6.45, 7) is 2.64. The minimum Gasteiger partial charge on any atom is -0.493 e. The van der Waals surface area contributed by atoms with Crippen LogP contribution in [0.15, 0.2) is 42.5 Å². The van der Waals surface area contributed by atoms with E-state index in [0.717, 1.165) is 6.42 Å². The fourth-order valence-corrected chi connectivity index (χ4v) is 2.51. The number of amides is 1. The largest absolute Gasteiger partial charge is 0.493 e. The summed E-state index contributed by atoms with van der Waals surface area (Å²) in [5, 5.41) is 3.04. The molecule has 2 aromatic rings. The van der Waals surface area contributed by atoms with Gasteiger partial charge in [0.25, 0.3) is 0 Å². The first kappa shape index (κ1) is 19.8. The topological polar surface area (TPSA) is 47.6 Å². The maximum Gasteiger partial charge on any atom is 0.244 e. The summed E-state index contributed by atoms with van der Waals surface area (Å²) < 4.78 is 24.4. The van der Waals surface area contributed by atoms with Gasteiger partial charge in [0.2, 0.25) is 5.91 Å². The van der Waals surface area contributed by atoms with Crippen molar-refractivity contribution in [1.29, 1.82) is 0 Å². The predicted molar refractivity (Wildman–Crippen MR) is 101 cm³/mol. The highest BCUT2D eigenvalue weighted by Gasteiger charge is 2.11. The van der Waals surface area contributed by atoms with Gasteiger partial charge >= 0.3 is 0 Å². The first-order valence-electron chi connectivity index (χ1n) is 8.24. The highest BCUT2D eigenvalue weighted by molar-refractivity contribution is 6.32. The Kier molecular flexibility index (Phi) is 7.48. The molecule has 2 rings (SSSR count). The zero-order chi connectivity index (χ0) is 18.9. The summed E-state index contributed by atoms with van der Waals surface area (Å²) in [5.74, 6) is 0.292. The van der Waals surface area contributed by atoms with Crippen LogP contribution in [0, 0.1) is 5.82 Å². The SMILES string of the molecule is CCCOc1c(Cl)cc(/C=C/C(=O)NCc2ccccc2F)cc1OC. The minimum atomic E-state index is -0.351. The molecule has 0 aliphatic carbocycles. The van der Waals surface area contributed by atoms with Gasteiger partial charge < -0.3 is 14.8 Å². The summed E-state index contributed by atoms with van der Waals surface area (Å²) in [4.78, 5) is 11.9. The molecule has 0 fully saturated rings. The van der Waals surface area contributed by atoms with E-state index in [1.807, 2.05) is 6.92 Å². The molecule has 1 N–H and O–H groups in total. The maximum atomic E-state index is 13.5. The Morgan fingerprint density at radius 3 is 2.77 bits per heavy atom. The zero-order valence-electron chi connectivity index (χ0n) is 14.7. The van der Waals surface area contributed by atoms with Crippen molar-refractivity contribution < 1.29 is 18.7 Å². The molecule has 26 heavy (non-hydrogen) atoms. The molecule has 0 aliphatic heterocycles. The van der Waals surface area contributed by atoms with E-state index in [4.69, 9.17) is 21.1 Å². The van der Waals surface area contributed by atoms with E-state index >= 15 is 0 Å². The van der Waals surface area contributed by atoms with E-state index < -0.39 is 0 Å². The zero-order valence-corrected chi connectivity index (χ0v) is 15.5. The number of carbonyl (C=O) groups is 1. The van der Waals surface area contributed by atoms with E-state index in [2.05, 4.69) is 5.32 Å². The Labute approximate surface area is 157 Å². The van der Waals surface area contributed by atoms with Crippen molar-refractivity contribution in [2.75, 3.05) is 13.7 Å². The molecule has 0 radical (unpaired) electrons. The number of hydrogen-bond donors (Lipinski definition) is 1. The molecule has 0 spiro atoms. The van der Waals surface area contributed by atoms with Crippen molar-refractivity contribution in [2.45, 2.75) is 19.9 Å². The van der Waals surface area contributed by atoms with Crippen LogP contribution in [0.4, 0.5) is 4.39 Å². The van der Waals surface area contributed by atoms with Crippen LogP contribution < -0.4 is 14.8 Å². The van der Waals surface area contributed by atoms with Gasteiger partial charge in [0, 0.05) is 18.2 Å². The number of nitrogens with one attached hydrogen (secondary N) is 1. The highest BCUT2D eigenvalue weighted by atomic mass is 35.5. The number of benzene rings is 2. The number of rotatable bonds is 8.